The molecule has 2 aromatic carbocycles. The van der Waals surface area contributed by atoms with Crippen LogP contribution >= 0.6 is 23.2 Å². The molecule has 1 heterocycles. The van der Waals surface area contributed by atoms with Crippen molar-refractivity contribution in [2.75, 3.05) is 26.7 Å². The molecule has 0 saturated heterocycles. The van der Waals surface area contributed by atoms with Crippen LogP contribution in [0.3, 0.4) is 0 Å². The lowest BCUT2D eigenvalue weighted by Crippen LogP contribution is -2.39. The SMILES string of the molecule is CCN(C)CC(CC)(CC)COc1cnc(-c2ccc(Cl)cc2)c(-c2ccc(Cl)cc2)n1. The fourth-order valence-electron chi connectivity index (χ4n) is 3.71. The minimum absolute atomic E-state index is 0.0712. The number of hydrogen-bond acceptors (Lipinski definition) is 4. The van der Waals surface area contributed by atoms with Gasteiger partial charge in [-0.2, -0.15) is 0 Å². The number of ether oxygens (including phenoxy) is 1. The molecule has 3 aromatic rings. The van der Waals surface area contributed by atoms with Gasteiger partial charge in [0.15, 0.2) is 0 Å². The second kappa shape index (κ2) is 11.1. The fraction of sp³-hybridized carbons (Fsp3) is 0.385. The zero-order valence-electron chi connectivity index (χ0n) is 19.2. The van der Waals surface area contributed by atoms with E-state index >= 15 is 0 Å². The van der Waals surface area contributed by atoms with Crippen molar-refractivity contribution in [1.29, 1.82) is 0 Å². The van der Waals surface area contributed by atoms with E-state index in [2.05, 4.69) is 32.7 Å². The molecule has 170 valence electrons. The van der Waals surface area contributed by atoms with Crippen LogP contribution in [0.4, 0.5) is 0 Å². The molecule has 6 heteroatoms. The van der Waals surface area contributed by atoms with Gasteiger partial charge in [0.2, 0.25) is 5.88 Å². The van der Waals surface area contributed by atoms with Gasteiger partial charge in [0.1, 0.15) is 5.69 Å². The molecule has 0 N–H and O–H groups in total. The van der Waals surface area contributed by atoms with Crippen molar-refractivity contribution in [2.24, 2.45) is 5.41 Å². The summed E-state index contributed by atoms with van der Waals surface area (Å²) in [5.41, 5.74) is 3.48. The van der Waals surface area contributed by atoms with E-state index in [9.17, 15) is 0 Å². The molecule has 3 rings (SSSR count). The first-order valence-corrected chi connectivity index (χ1v) is 11.9. The number of halogens is 2. The maximum absolute atomic E-state index is 6.25. The van der Waals surface area contributed by atoms with Gasteiger partial charge in [-0.15, -0.1) is 0 Å². The minimum Gasteiger partial charge on any atom is -0.476 e. The highest BCUT2D eigenvalue weighted by molar-refractivity contribution is 6.31. The molecule has 0 saturated carbocycles. The Bertz CT molecular complexity index is 1000. The lowest BCUT2D eigenvalue weighted by Gasteiger charge is -2.35. The molecule has 0 bridgehead atoms. The van der Waals surface area contributed by atoms with Gasteiger partial charge in [-0.3, -0.25) is 0 Å². The van der Waals surface area contributed by atoms with Crippen molar-refractivity contribution >= 4 is 23.2 Å². The topological polar surface area (TPSA) is 38.2 Å². The lowest BCUT2D eigenvalue weighted by atomic mass is 9.82. The van der Waals surface area contributed by atoms with Crippen LogP contribution in [0.1, 0.15) is 33.6 Å². The zero-order valence-corrected chi connectivity index (χ0v) is 20.7. The molecule has 1 aromatic heterocycles. The van der Waals surface area contributed by atoms with Crippen LogP contribution in [0.5, 0.6) is 5.88 Å². The quantitative estimate of drug-likeness (QED) is 0.311. The Morgan fingerprint density at radius 3 is 1.88 bits per heavy atom. The first-order chi connectivity index (χ1) is 15.4. The molecular formula is C26H31Cl2N3O. The number of aromatic nitrogens is 2. The van der Waals surface area contributed by atoms with E-state index in [0.29, 0.717) is 22.5 Å². The van der Waals surface area contributed by atoms with Crippen molar-refractivity contribution in [3.63, 3.8) is 0 Å². The summed E-state index contributed by atoms with van der Waals surface area (Å²) in [6.45, 7) is 9.22. The van der Waals surface area contributed by atoms with Crippen molar-refractivity contribution in [3.05, 3.63) is 64.8 Å². The third kappa shape index (κ3) is 6.00. The Morgan fingerprint density at radius 1 is 0.844 bits per heavy atom. The Labute approximate surface area is 201 Å². The standard InChI is InChI=1S/C26H31Cl2N3O/c1-5-26(6-2,17-31(4)7-3)18-32-23-16-29-24(19-8-12-21(27)13-9-19)25(30-23)20-10-14-22(28)15-11-20/h8-16H,5-7,17-18H2,1-4H3. The predicted octanol–water partition coefficient (Wildman–Crippen LogP) is 7.25. The second-order valence-electron chi connectivity index (χ2n) is 8.25. The van der Waals surface area contributed by atoms with Crippen molar-refractivity contribution in [2.45, 2.75) is 33.6 Å². The highest BCUT2D eigenvalue weighted by atomic mass is 35.5. The first kappa shape index (κ1) is 24.5. The van der Waals surface area contributed by atoms with Crippen LogP contribution in [0.25, 0.3) is 22.5 Å². The van der Waals surface area contributed by atoms with E-state index in [1.54, 1.807) is 6.20 Å². The number of rotatable bonds is 10. The summed E-state index contributed by atoms with van der Waals surface area (Å²) in [4.78, 5) is 11.9. The van der Waals surface area contributed by atoms with Crippen molar-refractivity contribution in [3.8, 4) is 28.4 Å². The van der Waals surface area contributed by atoms with Crippen LogP contribution in [0.15, 0.2) is 54.7 Å². The largest absolute Gasteiger partial charge is 0.476 e. The van der Waals surface area contributed by atoms with Crippen molar-refractivity contribution < 1.29 is 4.74 Å². The predicted molar refractivity (Wildman–Crippen MR) is 135 cm³/mol. The summed E-state index contributed by atoms with van der Waals surface area (Å²) < 4.78 is 6.25. The maximum atomic E-state index is 6.25. The number of benzene rings is 2. The van der Waals surface area contributed by atoms with Gasteiger partial charge in [0.05, 0.1) is 18.5 Å². The van der Waals surface area contributed by atoms with Crippen LogP contribution in [0.2, 0.25) is 10.0 Å². The molecule has 0 fully saturated rings. The van der Waals surface area contributed by atoms with Crippen LogP contribution in [-0.2, 0) is 0 Å². The molecule has 0 amide bonds. The van der Waals surface area contributed by atoms with Crippen LogP contribution in [-0.4, -0.2) is 41.6 Å². The summed E-state index contributed by atoms with van der Waals surface area (Å²) in [6.07, 6.45) is 3.78. The van der Waals surface area contributed by atoms with E-state index < -0.39 is 0 Å². The maximum Gasteiger partial charge on any atom is 0.232 e. The highest BCUT2D eigenvalue weighted by Gasteiger charge is 2.29. The monoisotopic (exact) mass is 471 g/mol. The normalized spacial score (nSPS) is 11.7. The van der Waals surface area contributed by atoms with Gasteiger partial charge in [0, 0.05) is 33.1 Å². The molecule has 0 radical (unpaired) electrons. The van der Waals surface area contributed by atoms with Crippen LogP contribution < -0.4 is 4.74 Å². The Kier molecular flexibility index (Phi) is 8.52. The first-order valence-electron chi connectivity index (χ1n) is 11.1. The summed E-state index contributed by atoms with van der Waals surface area (Å²) >= 11 is 12.2. The Hall–Kier alpha value is -2.14. The molecular weight excluding hydrogens is 441 g/mol. The third-order valence-corrected chi connectivity index (χ3v) is 6.66. The highest BCUT2D eigenvalue weighted by Crippen LogP contribution is 2.33. The molecule has 0 atom stereocenters. The Balaban J connectivity index is 1.95. The van der Waals surface area contributed by atoms with Gasteiger partial charge in [-0.05, 0) is 50.7 Å². The number of nitrogens with zero attached hydrogens (tertiary/aromatic N) is 3. The average molecular weight is 472 g/mol. The molecule has 0 aliphatic carbocycles. The summed E-state index contributed by atoms with van der Waals surface area (Å²) in [6, 6.07) is 15.2. The van der Waals surface area contributed by atoms with E-state index in [1.807, 2.05) is 48.5 Å². The second-order valence-corrected chi connectivity index (χ2v) is 9.12. The Morgan fingerprint density at radius 2 is 1.38 bits per heavy atom. The van der Waals surface area contributed by atoms with E-state index in [4.69, 9.17) is 37.9 Å². The molecule has 0 aliphatic heterocycles. The third-order valence-electron chi connectivity index (χ3n) is 6.16. The summed E-state index contributed by atoms with van der Waals surface area (Å²) in [5.74, 6) is 0.526. The van der Waals surface area contributed by atoms with Gasteiger partial charge in [-0.1, -0.05) is 68.2 Å². The van der Waals surface area contributed by atoms with Gasteiger partial charge in [0.25, 0.3) is 0 Å². The van der Waals surface area contributed by atoms with Gasteiger partial charge < -0.3 is 9.64 Å². The molecule has 0 aliphatic rings. The molecule has 0 unspecified atom stereocenters. The van der Waals surface area contributed by atoms with Crippen molar-refractivity contribution in [1.82, 2.24) is 14.9 Å². The fourth-order valence-corrected chi connectivity index (χ4v) is 3.96. The van der Waals surface area contributed by atoms with Gasteiger partial charge >= 0.3 is 0 Å². The smallest absolute Gasteiger partial charge is 0.232 e. The van der Waals surface area contributed by atoms with E-state index in [0.717, 1.165) is 48.4 Å². The van der Waals surface area contributed by atoms with E-state index in [1.165, 1.54) is 0 Å². The molecule has 4 nitrogen and oxygen atoms in total. The minimum atomic E-state index is 0.0712. The van der Waals surface area contributed by atoms with Crippen LogP contribution in [0, 0.1) is 5.41 Å². The number of hydrogen-bond donors (Lipinski definition) is 0. The lowest BCUT2D eigenvalue weighted by molar-refractivity contribution is 0.0876. The summed E-state index contributed by atoms with van der Waals surface area (Å²) in [7, 11) is 2.15. The zero-order chi connectivity index (χ0) is 23.1. The van der Waals surface area contributed by atoms with E-state index in [-0.39, 0.29) is 5.41 Å². The average Bonchev–Trinajstić information content (AvgIpc) is 2.82. The molecule has 0 spiro atoms. The van der Waals surface area contributed by atoms with Gasteiger partial charge in [-0.25, -0.2) is 9.97 Å². The molecule has 32 heavy (non-hydrogen) atoms. The summed E-state index contributed by atoms with van der Waals surface area (Å²) in [5, 5.41) is 1.36.